The summed E-state index contributed by atoms with van der Waals surface area (Å²) in [6, 6.07) is 11.0. The second kappa shape index (κ2) is 8.61. The van der Waals surface area contributed by atoms with E-state index in [9.17, 15) is 21.2 Å². The van der Waals surface area contributed by atoms with Gasteiger partial charge in [0.15, 0.2) is 19.1 Å². The smallest absolute Gasteiger partial charge is 0.223 e. The van der Waals surface area contributed by atoms with Crippen LogP contribution in [0, 0.1) is 5.82 Å². The number of halogens is 2. The number of aromatic nitrogens is 1. The molecule has 1 aromatic heterocycles. The lowest BCUT2D eigenvalue weighted by Gasteiger charge is -2.21. The number of sulfone groups is 2. The lowest BCUT2D eigenvalue weighted by Crippen LogP contribution is -2.24. The number of hydrogen-bond acceptors (Lipinski definition) is 6. The van der Waals surface area contributed by atoms with Gasteiger partial charge in [-0.05, 0) is 49.2 Å². The molecule has 1 fully saturated rings. The molecule has 0 bridgehead atoms. The van der Waals surface area contributed by atoms with Crippen molar-refractivity contribution >= 4 is 42.6 Å². The standard InChI is InChI=1S/C21H19ClFNO4S3/c22-15-9-11-18(12-10-15)30(25,26)20-21(31(27,28)17-7-2-1-3-8-17)29-19(24-20)14-5-4-6-16(23)13-14/h4-6,9-13,17H,1-3,7-8H2. The fraction of sp³-hybridized carbons (Fsp3) is 0.286. The lowest BCUT2D eigenvalue weighted by atomic mass is 10.0. The average Bonchev–Trinajstić information content (AvgIpc) is 3.22. The van der Waals surface area contributed by atoms with Crippen molar-refractivity contribution in [1.29, 1.82) is 0 Å². The molecule has 164 valence electrons. The maximum Gasteiger partial charge on any atom is 0.226 e. The molecule has 1 aliphatic carbocycles. The predicted molar refractivity (Wildman–Crippen MR) is 118 cm³/mol. The van der Waals surface area contributed by atoms with Gasteiger partial charge in [-0.3, -0.25) is 0 Å². The van der Waals surface area contributed by atoms with E-state index in [4.69, 9.17) is 11.6 Å². The number of thiazole rings is 1. The third-order valence-corrected chi connectivity index (χ3v) is 11.4. The molecule has 0 aliphatic heterocycles. The number of rotatable bonds is 5. The highest BCUT2D eigenvalue weighted by Gasteiger charge is 2.38. The van der Waals surface area contributed by atoms with Crippen LogP contribution in [-0.4, -0.2) is 27.1 Å². The van der Waals surface area contributed by atoms with Crippen LogP contribution in [0.4, 0.5) is 4.39 Å². The first-order chi connectivity index (χ1) is 14.7. The maximum absolute atomic E-state index is 13.7. The Labute approximate surface area is 189 Å². The Bertz CT molecular complexity index is 1310. The molecule has 2 aromatic carbocycles. The molecule has 0 saturated heterocycles. The van der Waals surface area contributed by atoms with Crippen molar-refractivity contribution in [2.75, 3.05) is 0 Å². The molecule has 4 rings (SSSR count). The van der Waals surface area contributed by atoms with Gasteiger partial charge >= 0.3 is 0 Å². The summed E-state index contributed by atoms with van der Waals surface area (Å²) in [5, 5.41) is -0.667. The third kappa shape index (κ3) is 4.41. The Morgan fingerprint density at radius 2 is 1.65 bits per heavy atom. The maximum atomic E-state index is 13.7. The monoisotopic (exact) mass is 499 g/mol. The van der Waals surface area contributed by atoms with Crippen LogP contribution in [0.3, 0.4) is 0 Å². The molecule has 3 aromatic rings. The topological polar surface area (TPSA) is 81.2 Å². The van der Waals surface area contributed by atoms with Gasteiger partial charge in [0, 0.05) is 10.6 Å². The van der Waals surface area contributed by atoms with Crippen LogP contribution in [0.15, 0.2) is 62.7 Å². The minimum atomic E-state index is -4.24. The van der Waals surface area contributed by atoms with Gasteiger partial charge in [-0.1, -0.05) is 43.0 Å². The summed E-state index contributed by atoms with van der Waals surface area (Å²) < 4.78 is 67.1. The van der Waals surface area contributed by atoms with E-state index >= 15 is 0 Å². The van der Waals surface area contributed by atoms with Gasteiger partial charge in [0.1, 0.15) is 10.8 Å². The van der Waals surface area contributed by atoms with Crippen molar-refractivity contribution in [2.45, 2.75) is 51.5 Å². The van der Waals surface area contributed by atoms with Crippen LogP contribution in [0.25, 0.3) is 10.6 Å². The molecule has 0 radical (unpaired) electrons. The summed E-state index contributed by atoms with van der Waals surface area (Å²) in [6.45, 7) is 0. The highest BCUT2D eigenvalue weighted by molar-refractivity contribution is 7.96. The molecule has 1 heterocycles. The van der Waals surface area contributed by atoms with E-state index in [0.717, 1.165) is 30.6 Å². The van der Waals surface area contributed by atoms with Crippen LogP contribution in [-0.2, 0) is 19.7 Å². The third-order valence-electron chi connectivity index (χ3n) is 5.27. The number of benzene rings is 2. The van der Waals surface area contributed by atoms with E-state index in [-0.39, 0.29) is 14.1 Å². The highest BCUT2D eigenvalue weighted by Crippen LogP contribution is 2.40. The summed E-state index contributed by atoms with van der Waals surface area (Å²) in [6.07, 6.45) is 3.47. The summed E-state index contributed by atoms with van der Waals surface area (Å²) in [5.74, 6) is -0.522. The zero-order valence-electron chi connectivity index (χ0n) is 16.3. The summed E-state index contributed by atoms with van der Waals surface area (Å²) in [5.41, 5.74) is 0.322. The summed E-state index contributed by atoms with van der Waals surface area (Å²) >= 11 is 6.65. The Morgan fingerprint density at radius 3 is 2.29 bits per heavy atom. The van der Waals surface area contributed by atoms with Crippen molar-refractivity contribution in [2.24, 2.45) is 0 Å². The first kappa shape index (κ1) is 22.4. The quantitative estimate of drug-likeness (QED) is 0.460. The molecule has 0 spiro atoms. The fourth-order valence-corrected chi connectivity index (χ4v) is 9.45. The minimum absolute atomic E-state index is 0.104. The Hall–Kier alpha value is -1.81. The lowest BCUT2D eigenvalue weighted by molar-refractivity contribution is 0.483. The highest BCUT2D eigenvalue weighted by atomic mass is 35.5. The van der Waals surface area contributed by atoms with Crippen molar-refractivity contribution in [3.05, 3.63) is 59.4 Å². The zero-order valence-corrected chi connectivity index (χ0v) is 19.5. The second-order valence-corrected chi connectivity index (χ2v) is 13.1. The van der Waals surface area contributed by atoms with Crippen LogP contribution >= 0.6 is 22.9 Å². The molecule has 5 nitrogen and oxygen atoms in total. The molecular weight excluding hydrogens is 481 g/mol. The van der Waals surface area contributed by atoms with Crippen molar-refractivity contribution < 1.29 is 21.2 Å². The molecule has 0 unspecified atom stereocenters. The number of nitrogens with zero attached hydrogens (tertiary/aromatic N) is 1. The molecule has 1 aliphatic rings. The van der Waals surface area contributed by atoms with Gasteiger partial charge < -0.3 is 0 Å². The number of hydrogen-bond donors (Lipinski definition) is 0. The average molecular weight is 500 g/mol. The van der Waals surface area contributed by atoms with Gasteiger partial charge in [-0.2, -0.15) is 0 Å². The Balaban J connectivity index is 1.91. The van der Waals surface area contributed by atoms with Crippen molar-refractivity contribution in [1.82, 2.24) is 4.98 Å². The van der Waals surface area contributed by atoms with Gasteiger partial charge in [0.05, 0.1) is 10.1 Å². The van der Waals surface area contributed by atoms with E-state index in [1.54, 1.807) is 6.07 Å². The normalized spacial score (nSPS) is 15.8. The zero-order chi connectivity index (χ0) is 22.2. The van der Waals surface area contributed by atoms with Gasteiger partial charge in [-0.15, -0.1) is 11.3 Å². The first-order valence-corrected chi connectivity index (χ1v) is 13.9. The van der Waals surface area contributed by atoms with E-state index in [0.29, 0.717) is 23.4 Å². The van der Waals surface area contributed by atoms with Gasteiger partial charge in [0.25, 0.3) is 0 Å². The SMILES string of the molecule is O=S(=O)(c1ccc(Cl)cc1)c1nc(-c2cccc(F)c2)sc1S(=O)(=O)C1CCCCC1. The largest absolute Gasteiger partial charge is 0.226 e. The van der Waals surface area contributed by atoms with Crippen LogP contribution in [0.5, 0.6) is 0 Å². The molecule has 1 saturated carbocycles. The molecule has 0 amide bonds. The molecule has 0 N–H and O–H groups in total. The predicted octanol–water partition coefficient (Wildman–Crippen LogP) is 5.54. The Kier molecular flexibility index (Phi) is 6.22. The summed E-state index contributed by atoms with van der Waals surface area (Å²) in [4.78, 5) is 4.10. The van der Waals surface area contributed by atoms with E-state index < -0.39 is 35.8 Å². The van der Waals surface area contributed by atoms with E-state index in [1.807, 2.05) is 0 Å². The van der Waals surface area contributed by atoms with Crippen LogP contribution < -0.4 is 0 Å². The molecule has 0 atom stereocenters. The minimum Gasteiger partial charge on any atom is -0.223 e. The second-order valence-electron chi connectivity index (χ2n) is 7.38. The summed E-state index contributed by atoms with van der Waals surface area (Å²) in [7, 11) is -8.17. The molecule has 10 heteroatoms. The van der Waals surface area contributed by atoms with E-state index in [1.165, 1.54) is 42.5 Å². The van der Waals surface area contributed by atoms with Gasteiger partial charge in [-0.25, -0.2) is 26.2 Å². The van der Waals surface area contributed by atoms with E-state index in [2.05, 4.69) is 4.98 Å². The Morgan fingerprint density at radius 1 is 0.968 bits per heavy atom. The first-order valence-electron chi connectivity index (χ1n) is 9.71. The van der Waals surface area contributed by atoms with Gasteiger partial charge in [0.2, 0.25) is 9.84 Å². The van der Waals surface area contributed by atoms with Crippen molar-refractivity contribution in [3.63, 3.8) is 0 Å². The van der Waals surface area contributed by atoms with Crippen LogP contribution in [0.2, 0.25) is 5.02 Å². The van der Waals surface area contributed by atoms with Crippen LogP contribution in [0.1, 0.15) is 32.1 Å². The molecule has 31 heavy (non-hydrogen) atoms. The molecular formula is C21H19ClFNO4S3. The fourth-order valence-electron chi connectivity index (χ4n) is 3.64. The van der Waals surface area contributed by atoms with Crippen molar-refractivity contribution in [3.8, 4) is 10.6 Å².